The zero-order valence-electron chi connectivity index (χ0n) is 11.7. The fourth-order valence-electron chi connectivity index (χ4n) is 3.00. The summed E-state index contributed by atoms with van der Waals surface area (Å²) in [5.74, 6) is 1.06. The van der Waals surface area contributed by atoms with Gasteiger partial charge in [-0.3, -0.25) is 0 Å². The van der Waals surface area contributed by atoms with Crippen molar-refractivity contribution >= 4 is 0 Å². The minimum atomic E-state index is 0.200. The van der Waals surface area contributed by atoms with Crippen LogP contribution in [-0.2, 0) is 13.0 Å². The lowest BCUT2D eigenvalue weighted by atomic mass is 10.0. The van der Waals surface area contributed by atoms with E-state index in [9.17, 15) is 5.11 Å². The fourth-order valence-corrected chi connectivity index (χ4v) is 3.00. The standard InChI is InChI=1S/C16H23NO2/c1-17(11-16(12-18)6-7-16)10-13-4-5-15-14(9-13)3-2-8-19-15/h4-5,9,18H,2-3,6-8,10-12H2,1H3. The van der Waals surface area contributed by atoms with E-state index in [4.69, 9.17) is 4.74 Å². The summed E-state index contributed by atoms with van der Waals surface area (Å²) in [5.41, 5.74) is 2.90. The maximum atomic E-state index is 9.39. The number of ether oxygens (including phenoxy) is 1. The molecule has 0 spiro atoms. The summed E-state index contributed by atoms with van der Waals surface area (Å²) in [6, 6.07) is 6.55. The molecular formula is C16H23NO2. The van der Waals surface area contributed by atoms with Gasteiger partial charge in [0, 0.05) is 25.1 Å². The van der Waals surface area contributed by atoms with Crippen molar-refractivity contribution in [3.8, 4) is 5.75 Å². The second kappa shape index (κ2) is 5.14. The predicted octanol–water partition coefficient (Wildman–Crippen LogP) is 2.22. The van der Waals surface area contributed by atoms with Gasteiger partial charge < -0.3 is 14.7 Å². The average molecular weight is 261 g/mol. The highest BCUT2D eigenvalue weighted by atomic mass is 16.5. The second-order valence-corrected chi connectivity index (χ2v) is 6.22. The predicted molar refractivity (Wildman–Crippen MR) is 75.3 cm³/mol. The van der Waals surface area contributed by atoms with Gasteiger partial charge in [-0.05, 0) is 49.9 Å². The van der Waals surface area contributed by atoms with Crippen LogP contribution >= 0.6 is 0 Å². The first-order valence-corrected chi connectivity index (χ1v) is 7.25. The third-order valence-corrected chi connectivity index (χ3v) is 4.32. The summed E-state index contributed by atoms with van der Waals surface area (Å²) in [4.78, 5) is 2.33. The maximum Gasteiger partial charge on any atom is 0.122 e. The first kappa shape index (κ1) is 12.9. The van der Waals surface area contributed by atoms with Crippen LogP contribution in [0.25, 0.3) is 0 Å². The Balaban J connectivity index is 1.63. The van der Waals surface area contributed by atoms with E-state index in [-0.39, 0.29) is 5.41 Å². The molecule has 3 heteroatoms. The van der Waals surface area contributed by atoms with Crippen molar-refractivity contribution in [2.24, 2.45) is 5.41 Å². The Labute approximate surface area is 115 Å². The van der Waals surface area contributed by atoms with Gasteiger partial charge in [-0.2, -0.15) is 0 Å². The highest BCUT2D eigenvalue weighted by Crippen LogP contribution is 2.45. The van der Waals surface area contributed by atoms with E-state index in [2.05, 4.69) is 30.1 Å². The lowest BCUT2D eigenvalue weighted by Crippen LogP contribution is -2.28. The number of rotatable bonds is 5. The summed E-state index contributed by atoms with van der Waals surface area (Å²) >= 11 is 0. The van der Waals surface area contributed by atoms with E-state index in [0.29, 0.717) is 6.61 Å². The molecule has 19 heavy (non-hydrogen) atoms. The Morgan fingerprint density at radius 1 is 1.37 bits per heavy atom. The SMILES string of the molecule is CN(Cc1ccc2c(c1)CCCO2)CC1(CO)CC1. The Bertz CT molecular complexity index is 454. The Hall–Kier alpha value is -1.06. The monoisotopic (exact) mass is 261 g/mol. The zero-order chi connectivity index (χ0) is 13.3. The number of hydrogen-bond acceptors (Lipinski definition) is 3. The molecule has 0 unspecified atom stereocenters. The van der Waals surface area contributed by atoms with E-state index in [0.717, 1.165) is 38.3 Å². The van der Waals surface area contributed by atoms with Crippen molar-refractivity contribution in [1.82, 2.24) is 4.90 Å². The van der Waals surface area contributed by atoms with Crippen LogP contribution in [0.2, 0.25) is 0 Å². The number of benzene rings is 1. The summed E-state index contributed by atoms with van der Waals surface area (Å²) in [6.07, 6.45) is 4.60. The van der Waals surface area contributed by atoms with Crippen LogP contribution < -0.4 is 4.74 Å². The van der Waals surface area contributed by atoms with Crippen molar-refractivity contribution in [2.45, 2.75) is 32.2 Å². The zero-order valence-corrected chi connectivity index (χ0v) is 11.7. The van der Waals surface area contributed by atoms with Gasteiger partial charge in [0.15, 0.2) is 0 Å². The van der Waals surface area contributed by atoms with Crippen LogP contribution in [0, 0.1) is 5.41 Å². The normalized spacial score (nSPS) is 19.9. The second-order valence-electron chi connectivity index (χ2n) is 6.22. The van der Waals surface area contributed by atoms with Crippen molar-refractivity contribution in [3.63, 3.8) is 0 Å². The minimum absolute atomic E-state index is 0.200. The van der Waals surface area contributed by atoms with Gasteiger partial charge in [0.1, 0.15) is 5.75 Å². The number of hydrogen-bond donors (Lipinski definition) is 1. The lowest BCUT2D eigenvalue weighted by Gasteiger charge is -2.23. The molecule has 1 N–H and O–H groups in total. The van der Waals surface area contributed by atoms with Gasteiger partial charge in [-0.25, -0.2) is 0 Å². The van der Waals surface area contributed by atoms with E-state index < -0.39 is 0 Å². The van der Waals surface area contributed by atoms with Gasteiger partial charge in [-0.15, -0.1) is 0 Å². The average Bonchev–Trinajstić information content (AvgIpc) is 3.19. The molecule has 1 aliphatic carbocycles. The van der Waals surface area contributed by atoms with Crippen LogP contribution in [0.1, 0.15) is 30.4 Å². The summed E-state index contributed by atoms with van der Waals surface area (Å²) < 4.78 is 5.64. The lowest BCUT2D eigenvalue weighted by molar-refractivity contribution is 0.161. The molecule has 0 aromatic heterocycles. The molecule has 1 heterocycles. The maximum absolute atomic E-state index is 9.39. The number of nitrogens with zero attached hydrogens (tertiary/aromatic N) is 1. The number of fused-ring (bicyclic) bond motifs is 1. The Morgan fingerprint density at radius 3 is 2.95 bits per heavy atom. The molecule has 0 radical (unpaired) electrons. The number of aliphatic hydroxyl groups excluding tert-OH is 1. The molecule has 0 amide bonds. The molecule has 1 aromatic rings. The van der Waals surface area contributed by atoms with Gasteiger partial charge in [0.05, 0.1) is 6.61 Å². The summed E-state index contributed by atoms with van der Waals surface area (Å²) in [7, 11) is 2.14. The molecule has 3 nitrogen and oxygen atoms in total. The molecule has 104 valence electrons. The van der Waals surface area contributed by atoms with E-state index in [1.807, 2.05) is 0 Å². The molecule has 1 aliphatic heterocycles. The summed E-state index contributed by atoms with van der Waals surface area (Å²) in [6.45, 7) is 3.13. The van der Waals surface area contributed by atoms with E-state index >= 15 is 0 Å². The fraction of sp³-hybridized carbons (Fsp3) is 0.625. The van der Waals surface area contributed by atoms with E-state index in [1.54, 1.807) is 0 Å². The van der Waals surface area contributed by atoms with Gasteiger partial charge in [-0.1, -0.05) is 12.1 Å². The number of aliphatic hydroxyl groups is 1. The quantitative estimate of drug-likeness (QED) is 0.882. The molecule has 1 fully saturated rings. The van der Waals surface area contributed by atoms with E-state index in [1.165, 1.54) is 24.0 Å². The highest BCUT2D eigenvalue weighted by Gasteiger charge is 2.42. The topological polar surface area (TPSA) is 32.7 Å². The number of aryl methyl sites for hydroxylation is 1. The van der Waals surface area contributed by atoms with Crippen molar-refractivity contribution in [3.05, 3.63) is 29.3 Å². The van der Waals surface area contributed by atoms with Crippen LogP contribution in [0.4, 0.5) is 0 Å². The van der Waals surface area contributed by atoms with Gasteiger partial charge >= 0.3 is 0 Å². The van der Waals surface area contributed by atoms with Crippen molar-refractivity contribution in [2.75, 3.05) is 26.8 Å². The molecular weight excluding hydrogens is 238 g/mol. The molecule has 0 saturated heterocycles. The van der Waals surface area contributed by atoms with Gasteiger partial charge in [0.25, 0.3) is 0 Å². The Morgan fingerprint density at radius 2 is 2.21 bits per heavy atom. The molecule has 1 aromatic carbocycles. The molecule has 0 bridgehead atoms. The van der Waals surface area contributed by atoms with Crippen LogP contribution in [-0.4, -0.2) is 36.8 Å². The Kier molecular flexibility index (Phi) is 3.50. The molecule has 1 saturated carbocycles. The first-order valence-electron chi connectivity index (χ1n) is 7.25. The smallest absolute Gasteiger partial charge is 0.122 e. The highest BCUT2D eigenvalue weighted by molar-refractivity contribution is 5.38. The third-order valence-electron chi connectivity index (χ3n) is 4.32. The first-order chi connectivity index (χ1) is 9.21. The van der Waals surface area contributed by atoms with Crippen molar-refractivity contribution in [1.29, 1.82) is 0 Å². The minimum Gasteiger partial charge on any atom is -0.493 e. The van der Waals surface area contributed by atoms with Crippen LogP contribution in [0.3, 0.4) is 0 Å². The third kappa shape index (κ3) is 2.93. The molecule has 2 aliphatic rings. The van der Waals surface area contributed by atoms with Crippen LogP contribution in [0.5, 0.6) is 5.75 Å². The summed E-state index contributed by atoms with van der Waals surface area (Å²) in [5, 5.41) is 9.39. The largest absolute Gasteiger partial charge is 0.493 e. The van der Waals surface area contributed by atoms with Crippen molar-refractivity contribution < 1.29 is 9.84 Å². The molecule has 3 rings (SSSR count). The van der Waals surface area contributed by atoms with Crippen LogP contribution in [0.15, 0.2) is 18.2 Å². The molecule has 0 atom stereocenters. The van der Waals surface area contributed by atoms with Gasteiger partial charge in [0.2, 0.25) is 0 Å².